The molecule has 0 saturated carbocycles. The number of imidazole rings is 1. The fourth-order valence-corrected chi connectivity index (χ4v) is 3.67. The molecule has 30 heavy (non-hydrogen) atoms. The number of aryl methyl sites for hydroxylation is 1. The van der Waals surface area contributed by atoms with Crippen molar-refractivity contribution in [1.82, 2.24) is 24.8 Å². The first kappa shape index (κ1) is 19.9. The van der Waals surface area contributed by atoms with Crippen molar-refractivity contribution in [3.05, 3.63) is 67.1 Å². The van der Waals surface area contributed by atoms with E-state index in [4.69, 9.17) is 4.98 Å². The van der Waals surface area contributed by atoms with Gasteiger partial charge in [-0.05, 0) is 55.1 Å². The maximum Gasteiger partial charge on any atom is 0.319 e. The number of pyridine rings is 2. The molecule has 0 aliphatic heterocycles. The van der Waals surface area contributed by atoms with Crippen LogP contribution in [0.3, 0.4) is 0 Å². The van der Waals surface area contributed by atoms with Gasteiger partial charge >= 0.3 is 6.03 Å². The summed E-state index contributed by atoms with van der Waals surface area (Å²) in [6, 6.07) is 15.3. The quantitative estimate of drug-likeness (QED) is 0.343. The number of anilines is 1. The highest BCUT2D eigenvalue weighted by molar-refractivity contribution is 7.98. The predicted octanol–water partition coefficient (Wildman–Crippen LogP) is 4.43. The molecule has 2 N–H and O–H groups in total. The normalized spacial score (nSPS) is 10.8. The molecule has 0 aliphatic carbocycles. The molecule has 0 saturated heterocycles. The number of urea groups is 1. The molecule has 0 bridgehead atoms. The third kappa shape index (κ3) is 4.60. The zero-order valence-electron chi connectivity index (χ0n) is 16.6. The van der Waals surface area contributed by atoms with Crippen molar-refractivity contribution in [1.29, 1.82) is 0 Å². The van der Waals surface area contributed by atoms with Gasteiger partial charge in [0, 0.05) is 47.8 Å². The van der Waals surface area contributed by atoms with Crippen LogP contribution in [0.4, 0.5) is 10.5 Å². The topological polar surface area (TPSA) is 84.7 Å². The maximum atomic E-state index is 12.2. The molecule has 0 radical (unpaired) electrons. The van der Waals surface area contributed by atoms with Crippen molar-refractivity contribution in [2.75, 3.05) is 18.1 Å². The Labute approximate surface area is 179 Å². The summed E-state index contributed by atoms with van der Waals surface area (Å²) in [7, 11) is 0. The first-order valence-corrected chi connectivity index (χ1v) is 10.9. The minimum Gasteiger partial charge on any atom is -0.338 e. The fourth-order valence-electron chi connectivity index (χ4n) is 3.21. The van der Waals surface area contributed by atoms with Gasteiger partial charge < -0.3 is 15.2 Å². The van der Waals surface area contributed by atoms with Gasteiger partial charge in [-0.3, -0.25) is 4.98 Å². The van der Waals surface area contributed by atoms with Crippen LogP contribution in [0.1, 0.15) is 6.42 Å². The van der Waals surface area contributed by atoms with Gasteiger partial charge in [-0.15, -0.1) is 11.8 Å². The summed E-state index contributed by atoms with van der Waals surface area (Å²) in [5, 5.41) is 5.79. The monoisotopic (exact) mass is 418 g/mol. The standard InChI is InChI=1S/C22H22N6OS/c1-30-18-6-2-5-17(15-18)26-22(29)25-11-4-14-28-20(16-8-12-23-13-9-16)27-19-7-3-10-24-21(19)28/h2-3,5-10,12-13,15H,4,11,14H2,1H3,(H2,25,26,29). The van der Waals surface area contributed by atoms with E-state index in [2.05, 4.69) is 25.2 Å². The largest absolute Gasteiger partial charge is 0.338 e. The van der Waals surface area contributed by atoms with Gasteiger partial charge in [-0.25, -0.2) is 14.8 Å². The van der Waals surface area contributed by atoms with E-state index in [-0.39, 0.29) is 6.03 Å². The summed E-state index contributed by atoms with van der Waals surface area (Å²) in [6.07, 6.45) is 8.03. The van der Waals surface area contributed by atoms with Crippen LogP contribution in [-0.4, -0.2) is 38.4 Å². The summed E-state index contributed by atoms with van der Waals surface area (Å²) in [5.74, 6) is 0.851. The summed E-state index contributed by atoms with van der Waals surface area (Å²) in [6.45, 7) is 1.23. The number of carbonyl (C=O) groups excluding carboxylic acids is 1. The molecule has 2 amide bonds. The highest BCUT2D eigenvalue weighted by Crippen LogP contribution is 2.23. The molecule has 1 aromatic carbocycles. The van der Waals surface area contributed by atoms with E-state index in [1.807, 2.05) is 54.8 Å². The van der Waals surface area contributed by atoms with Crippen LogP contribution in [0.15, 0.2) is 72.0 Å². The molecule has 3 aromatic heterocycles. The molecule has 152 valence electrons. The number of thioether (sulfide) groups is 1. The van der Waals surface area contributed by atoms with Crippen LogP contribution in [0.5, 0.6) is 0 Å². The molecule has 0 fully saturated rings. The third-order valence-electron chi connectivity index (χ3n) is 4.61. The number of carbonyl (C=O) groups is 1. The molecule has 7 nitrogen and oxygen atoms in total. The van der Waals surface area contributed by atoms with Gasteiger partial charge in [0.15, 0.2) is 5.65 Å². The second kappa shape index (κ2) is 9.41. The molecule has 0 unspecified atom stereocenters. The highest BCUT2D eigenvalue weighted by Gasteiger charge is 2.13. The molecule has 3 heterocycles. The summed E-state index contributed by atoms with van der Waals surface area (Å²) in [4.78, 5) is 26.6. The number of amides is 2. The van der Waals surface area contributed by atoms with Gasteiger partial charge in [0.05, 0.1) is 0 Å². The van der Waals surface area contributed by atoms with Gasteiger partial charge in [-0.1, -0.05) is 6.07 Å². The van der Waals surface area contributed by atoms with Crippen LogP contribution in [0.25, 0.3) is 22.6 Å². The smallest absolute Gasteiger partial charge is 0.319 e. The van der Waals surface area contributed by atoms with E-state index < -0.39 is 0 Å². The summed E-state index contributed by atoms with van der Waals surface area (Å²) < 4.78 is 2.09. The molecule has 0 atom stereocenters. The third-order valence-corrected chi connectivity index (χ3v) is 5.34. The van der Waals surface area contributed by atoms with E-state index in [1.54, 1.807) is 30.4 Å². The van der Waals surface area contributed by atoms with Crippen molar-refractivity contribution in [3.8, 4) is 11.4 Å². The minimum absolute atomic E-state index is 0.212. The van der Waals surface area contributed by atoms with Crippen molar-refractivity contribution in [3.63, 3.8) is 0 Å². The minimum atomic E-state index is -0.212. The first-order valence-electron chi connectivity index (χ1n) is 9.65. The maximum absolute atomic E-state index is 12.2. The Balaban J connectivity index is 1.40. The Bertz CT molecular complexity index is 1140. The van der Waals surface area contributed by atoms with Gasteiger partial charge in [-0.2, -0.15) is 0 Å². The fraction of sp³-hybridized carbons (Fsp3) is 0.182. The second-order valence-electron chi connectivity index (χ2n) is 6.64. The zero-order valence-corrected chi connectivity index (χ0v) is 17.4. The molecule has 4 rings (SSSR count). The van der Waals surface area contributed by atoms with Crippen molar-refractivity contribution in [2.45, 2.75) is 17.9 Å². The molecule has 4 aromatic rings. The molecule has 0 spiro atoms. The second-order valence-corrected chi connectivity index (χ2v) is 7.52. The SMILES string of the molecule is CSc1cccc(NC(=O)NCCCn2c(-c3ccncc3)nc3cccnc32)c1. The lowest BCUT2D eigenvalue weighted by atomic mass is 10.2. The van der Waals surface area contributed by atoms with Crippen molar-refractivity contribution >= 4 is 34.6 Å². The van der Waals surface area contributed by atoms with Crippen LogP contribution < -0.4 is 10.6 Å². The van der Waals surface area contributed by atoms with Crippen LogP contribution >= 0.6 is 11.8 Å². The molecule has 0 aliphatic rings. The number of fused-ring (bicyclic) bond motifs is 1. The lowest BCUT2D eigenvalue weighted by molar-refractivity contribution is 0.252. The average molecular weight is 419 g/mol. The van der Waals surface area contributed by atoms with Crippen LogP contribution in [0.2, 0.25) is 0 Å². The first-order chi connectivity index (χ1) is 14.7. The number of nitrogens with zero attached hydrogens (tertiary/aromatic N) is 4. The lowest BCUT2D eigenvalue weighted by Crippen LogP contribution is -2.30. The number of aromatic nitrogens is 4. The van der Waals surface area contributed by atoms with Crippen LogP contribution in [-0.2, 0) is 6.54 Å². The molecular formula is C22H22N6OS. The zero-order chi connectivity index (χ0) is 20.8. The Hall–Kier alpha value is -3.39. The van der Waals surface area contributed by atoms with Crippen LogP contribution in [0, 0.1) is 0 Å². The van der Waals surface area contributed by atoms with Gasteiger partial charge in [0.2, 0.25) is 0 Å². The van der Waals surface area contributed by atoms with Gasteiger partial charge in [0.25, 0.3) is 0 Å². The van der Waals surface area contributed by atoms with E-state index in [1.165, 1.54) is 0 Å². The predicted molar refractivity (Wildman–Crippen MR) is 121 cm³/mol. The Morgan fingerprint density at radius 3 is 2.80 bits per heavy atom. The number of hydrogen-bond acceptors (Lipinski definition) is 5. The van der Waals surface area contributed by atoms with Crippen molar-refractivity contribution in [2.24, 2.45) is 0 Å². The number of nitrogens with one attached hydrogen (secondary N) is 2. The summed E-state index contributed by atoms with van der Waals surface area (Å²) in [5.41, 5.74) is 3.46. The van der Waals surface area contributed by atoms with Gasteiger partial charge in [0.1, 0.15) is 11.3 Å². The highest BCUT2D eigenvalue weighted by atomic mass is 32.2. The molecule has 8 heteroatoms. The van der Waals surface area contributed by atoms with E-state index in [0.29, 0.717) is 13.1 Å². The van der Waals surface area contributed by atoms with E-state index in [9.17, 15) is 4.79 Å². The Morgan fingerprint density at radius 2 is 1.97 bits per heavy atom. The van der Waals surface area contributed by atoms with Crippen molar-refractivity contribution < 1.29 is 4.79 Å². The number of benzene rings is 1. The number of hydrogen-bond donors (Lipinski definition) is 2. The number of rotatable bonds is 7. The lowest BCUT2D eigenvalue weighted by Gasteiger charge is -2.11. The van der Waals surface area contributed by atoms with E-state index >= 15 is 0 Å². The summed E-state index contributed by atoms with van der Waals surface area (Å²) >= 11 is 1.64. The molecular weight excluding hydrogens is 396 g/mol. The van der Waals surface area contributed by atoms with E-state index in [0.717, 1.165) is 39.6 Å². The Morgan fingerprint density at radius 1 is 1.10 bits per heavy atom. The Kier molecular flexibility index (Phi) is 6.24. The average Bonchev–Trinajstić information content (AvgIpc) is 3.16.